The molecule has 0 aromatic heterocycles. The first-order valence-electron chi connectivity index (χ1n) is 5.33. The van der Waals surface area contributed by atoms with Crippen LogP contribution in [0.1, 0.15) is 24.4 Å². The summed E-state index contributed by atoms with van der Waals surface area (Å²) >= 11 is 0. The molecule has 4 heteroatoms. The van der Waals surface area contributed by atoms with Gasteiger partial charge in [-0.2, -0.15) is 0 Å². The minimum atomic E-state index is -1.07. The Morgan fingerprint density at radius 1 is 1.35 bits per heavy atom. The average Bonchev–Trinajstić information content (AvgIpc) is 2.34. The van der Waals surface area contributed by atoms with Crippen LogP contribution in [0.25, 0.3) is 0 Å². The second-order valence-corrected chi connectivity index (χ2v) is 3.58. The quantitative estimate of drug-likeness (QED) is 0.737. The van der Waals surface area contributed by atoms with E-state index in [0.717, 1.165) is 0 Å². The van der Waals surface area contributed by atoms with Crippen LogP contribution in [0, 0.1) is 0 Å². The Bertz CT molecular complexity index is 400. The zero-order valence-electron chi connectivity index (χ0n) is 9.43. The van der Waals surface area contributed by atoms with Gasteiger partial charge >= 0.3 is 5.97 Å². The molecule has 0 spiro atoms. The van der Waals surface area contributed by atoms with Gasteiger partial charge in [-0.15, -0.1) is 6.58 Å². The van der Waals surface area contributed by atoms with Gasteiger partial charge in [0.05, 0.1) is 0 Å². The smallest absolute Gasteiger partial charge is 0.330 e. The summed E-state index contributed by atoms with van der Waals surface area (Å²) in [4.78, 5) is 22.5. The number of hydrogen-bond donors (Lipinski definition) is 2. The normalized spacial score (nSPS) is 11.5. The lowest BCUT2D eigenvalue weighted by molar-refractivity contribution is -0.142. The molecule has 0 aliphatic carbocycles. The molecule has 4 nitrogen and oxygen atoms in total. The Balaban J connectivity index is 2.71. The van der Waals surface area contributed by atoms with Crippen molar-refractivity contribution < 1.29 is 14.7 Å². The van der Waals surface area contributed by atoms with Crippen LogP contribution >= 0.6 is 0 Å². The van der Waals surface area contributed by atoms with Gasteiger partial charge in [0, 0.05) is 6.42 Å². The average molecular weight is 233 g/mol. The molecule has 0 saturated heterocycles. The molecule has 1 aromatic carbocycles. The highest BCUT2D eigenvalue weighted by Gasteiger charge is 2.21. The Hall–Kier alpha value is -2.10. The topological polar surface area (TPSA) is 66.4 Å². The molecule has 0 fully saturated rings. The van der Waals surface area contributed by atoms with Crippen LogP contribution in [0.5, 0.6) is 0 Å². The number of carbonyl (C=O) groups excluding carboxylic acids is 1. The van der Waals surface area contributed by atoms with Crippen LogP contribution in [0.15, 0.2) is 43.0 Å². The van der Waals surface area contributed by atoms with E-state index in [9.17, 15) is 9.59 Å². The van der Waals surface area contributed by atoms with Crippen LogP contribution in [0.4, 0.5) is 0 Å². The molecule has 1 rings (SSSR count). The fourth-order valence-corrected chi connectivity index (χ4v) is 1.40. The highest BCUT2D eigenvalue weighted by Crippen LogP contribution is 2.12. The van der Waals surface area contributed by atoms with Crippen molar-refractivity contribution in [2.45, 2.75) is 18.9 Å². The largest absolute Gasteiger partial charge is 0.479 e. The molecule has 90 valence electrons. The lowest BCUT2D eigenvalue weighted by atomic mass is 10.1. The molecule has 1 aromatic rings. The van der Waals surface area contributed by atoms with E-state index in [1.165, 1.54) is 0 Å². The lowest BCUT2D eigenvalue weighted by Gasteiger charge is -2.14. The van der Waals surface area contributed by atoms with Crippen molar-refractivity contribution in [3.8, 4) is 0 Å². The molecule has 2 N–H and O–H groups in total. The van der Waals surface area contributed by atoms with Crippen molar-refractivity contribution in [2.24, 2.45) is 0 Å². The van der Waals surface area contributed by atoms with E-state index in [1.807, 2.05) is 0 Å². The van der Waals surface area contributed by atoms with Gasteiger partial charge in [0.15, 0.2) is 6.04 Å². The standard InChI is InChI=1S/C13H15NO3/c1-2-3-9-11(15)14-12(13(16)17)10-7-5-4-6-8-10/h2,4-8,12H,1,3,9H2,(H,14,15)(H,16,17)/t12-/m0/s1. The lowest BCUT2D eigenvalue weighted by Crippen LogP contribution is -2.33. The van der Waals surface area contributed by atoms with E-state index in [-0.39, 0.29) is 12.3 Å². The minimum Gasteiger partial charge on any atom is -0.479 e. The highest BCUT2D eigenvalue weighted by molar-refractivity contribution is 5.84. The summed E-state index contributed by atoms with van der Waals surface area (Å²) in [5, 5.41) is 11.5. The van der Waals surface area contributed by atoms with E-state index in [1.54, 1.807) is 36.4 Å². The molecular formula is C13H15NO3. The van der Waals surface area contributed by atoms with Gasteiger partial charge in [-0.05, 0) is 12.0 Å². The number of allylic oxidation sites excluding steroid dienone is 1. The SMILES string of the molecule is C=CCCC(=O)N[C@H](C(=O)O)c1ccccc1. The summed E-state index contributed by atoms with van der Waals surface area (Å²) < 4.78 is 0. The van der Waals surface area contributed by atoms with E-state index >= 15 is 0 Å². The number of amides is 1. The van der Waals surface area contributed by atoms with Gasteiger partial charge in [0.25, 0.3) is 0 Å². The number of carboxylic acid groups (broad SMARTS) is 1. The van der Waals surface area contributed by atoms with Crippen molar-refractivity contribution in [1.29, 1.82) is 0 Å². The molecular weight excluding hydrogens is 218 g/mol. The zero-order valence-corrected chi connectivity index (χ0v) is 9.43. The van der Waals surface area contributed by atoms with E-state index in [4.69, 9.17) is 5.11 Å². The van der Waals surface area contributed by atoms with Crippen molar-refractivity contribution >= 4 is 11.9 Å². The molecule has 0 saturated carbocycles. The maximum atomic E-state index is 11.5. The number of carboxylic acids is 1. The molecule has 0 aliphatic rings. The van der Waals surface area contributed by atoms with E-state index < -0.39 is 12.0 Å². The molecule has 1 amide bonds. The summed E-state index contributed by atoms with van der Waals surface area (Å²) in [6.45, 7) is 3.51. The third kappa shape index (κ3) is 4.10. The van der Waals surface area contributed by atoms with Gasteiger partial charge in [-0.25, -0.2) is 4.79 Å². The maximum Gasteiger partial charge on any atom is 0.330 e. The van der Waals surface area contributed by atoms with Crippen LogP contribution in [0.3, 0.4) is 0 Å². The first kappa shape index (κ1) is 13.0. The van der Waals surface area contributed by atoms with Crippen molar-refractivity contribution in [3.05, 3.63) is 48.6 Å². The summed E-state index contributed by atoms with van der Waals surface area (Å²) in [7, 11) is 0. The van der Waals surface area contributed by atoms with Gasteiger partial charge < -0.3 is 10.4 Å². The highest BCUT2D eigenvalue weighted by atomic mass is 16.4. The Labute approximate surface area is 100.0 Å². The summed E-state index contributed by atoms with van der Waals surface area (Å²) in [5.41, 5.74) is 0.562. The van der Waals surface area contributed by atoms with Gasteiger partial charge in [0.1, 0.15) is 0 Å². The molecule has 0 unspecified atom stereocenters. The summed E-state index contributed by atoms with van der Waals surface area (Å²) in [5.74, 6) is -1.36. The minimum absolute atomic E-state index is 0.250. The monoisotopic (exact) mass is 233 g/mol. The summed E-state index contributed by atoms with van der Waals surface area (Å²) in [6, 6.07) is 7.62. The van der Waals surface area contributed by atoms with Crippen molar-refractivity contribution in [1.82, 2.24) is 5.32 Å². The van der Waals surface area contributed by atoms with Crippen LogP contribution in [-0.2, 0) is 9.59 Å². The second-order valence-electron chi connectivity index (χ2n) is 3.58. The number of hydrogen-bond acceptors (Lipinski definition) is 2. The van der Waals surface area contributed by atoms with Crippen molar-refractivity contribution in [2.75, 3.05) is 0 Å². The fourth-order valence-electron chi connectivity index (χ4n) is 1.40. The number of aliphatic carboxylic acids is 1. The number of benzene rings is 1. The van der Waals surface area contributed by atoms with Gasteiger partial charge in [-0.3, -0.25) is 4.79 Å². The Kier molecular flexibility index (Phi) is 4.94. The summed E-state index contributed by atoms with van der Waals surface area (Å²) in [6.07, 6.45) is 2.41. The predicted molar refractivity (Wildman–Crippen MR) is 64.4 cm³/mol. The van der Waals surface area contributed by atoms with Crippen LogP contribution < -0.4 is 5.32 Å². The first-order valence-corrected chi connectivity index (χ1v) is 5.33. The molecule has 0 aliphatic heterocycles. The molecule has 0 bridgehead atoms. The first-order chi connectivity index (χ1) is 8.15. The van der Waals surface area contributed by atoms with Gasteiger partial charge in [0.2, 0.25) is 5.91 Å². The van der Waals surface area contributed by atoms with Crippen LogP contribution in [0.2, 0.25) is 0 Å². The van der Waals surface area contributed by atoms with E-state index in [2.05, 4.69) is 11.9 Å². The molecule has 17 heavy (non-hydrogen) atoms. The third-order valence-electron chi connectivity index (χ3n) is 2.26. The number of rotatable bonds is 6. The zero-order chi connectivity index (χ0) is 12.7. The van der Waals surface area contributed by atoms with E-state index in [0.29, 0.717) is 12.0 Å². The molecule has 0 heterocycles. The van der Waals surface area contributed by atoms with Gasteiger partial charge in [-0.1, -0.05) is 36.4 Å². The number of carbonyl (C=O) groups is 2. The molecule has 0 radical (unpaired) electrons. The molecule has 1 atom stereocenters. The maximum absolute atomic E-state index is 11.5. The Morgan fingerprint density at radius 3 is 2.53 bits per heavy atom. The second kappa shape index (κ2) is 6.48. The fraction of sp³-hybridized carbons (Fsp3) is 0.231. The Morgan fingerprint density at radius 2 is 2.00 bits per heavy atom. The number of nitrogens with one attached hydrogen (secondary N) is 1. The van der Waals surface area contributed by atoms with Crippen LogP contribution in [-0.4, -0.2) is 17.0 Å². The van der Waals surface area contributed by atoms with Crippen molar-refractivity contribution in [3.63, 3.8) is 0 Å². The predicted octanol–water partition coefficient (Wildman–Crippen LogP) is 1.89. The third-order valence-corrected chi connectivity index (χ3v) is 2.26.